The van der Waals surface area contributed by atoms with Gasteiger partial charge in [-0.25, -0.2) is 0 Å². The van der Waals surface area contributed by atoms with Crippen molar-refractivity contribution in [3.8, 4) is 11.1 Å². The van der Waals surface area contributed by atoms with E-state index in [0.717, 1.165) is 0 Å². The molecule has 0 aromatic heterocycles. The van der Waals surface area contributed by atoms with Crippen molar-refractivity contribution in [1.82, 2.24) is 0 Å². The second-order valence-electron chi connectivity index (χ2n) is 13.3. The fraction of sp³-hybridized carbons (Fsp3) is 0.300. The molecule has 0 heterocycles. The van der Waals surface area contributed by atoms with Crippen LogP contribution >= 0.6 is 0 Å². The fourth-order valence-electron chi connectivity index (χ4n) is 9.56. The molecule has 2 aliphatic rings. The third-order valence-corrected chi connectivity index (χ3v) is 59.8. The number of rotatable bonds is 11. The van der Waals surface area contributed by atoms with Crippen LogP contribution < -0.4 is 5.19 Å². The van der Waals surface area contributed by atoms with Gasteiger partial charge in [-0.2, -0.15) is 0 Å². The quantitative estimate of drug-likeness (QED) is 0.142. The van der Waals surface area contributed by atoms with Crippen LogP contribution in [0.25, 0.3) is 23.3 Å². The molecule has 0 N–H and O–H groups in total. The van der Waals surface area contributed by atoms with Crippen molar-refractivity contribution in [3.63, 3.8) is 0 Å². The van der Waals surface area contributed by atoms with E-state index in [1.807, 2.05) is 0 Å². The summed E-state index contributed by atoms with van der Waals surface area (Å²) in [6.45, 7) is 10.2. The summed E-state index contributed by atoms with van der Waals surface area (Å²) in [6.07, 6.45) is 13.1. The summed E-state index contributed by atoms with van der Waals surface area (Å²) in [4.78, 5) is 0. The first-order chi connectivity index (χ1) is 20.5. The molecule has 0 spiro atoms. The van der Waals surface area contributed by atoms with Crippen molar-refractivity contribution in [2.75, 3.05) is 0 Å². The Labute approximate surface area is 256 Å². The Hall–Kier alpha value is -2.54. The third-order valence-electron chi connectivity index (χ3n) is 11.4. The summed E-state index contributed by atoms with van der Waals surface area (Å²) in [5.41, 5.74) is 10.7. The van der Waals surface area contributed by atoms with Crippen LogP contribution in [-0.4, -0.2) is 5.92 Å². The zero-order valence-corrected chi connectivity index (χ0v) is 29.6. The maximum atomic E-state index is 2.81. The SMILES string of the molecule is CCC[CH2][Zr]([CH2]CCC)([CH]1C=Cc2c(-c3ccccc3)cccc21)([CH]1C(C)=Cc2ccccc21)[SiH](C)c1ccccc1. The van der Waals surface area contributed by atoms with Gasteiger partial charge < -0.3 is 0 Å². The van der Waals surface area contributed by atoms with Gasteiger partial charge in [0.15, 0.2) is 0 Å². The van der Waals surface area contributed by atoms with Gasteiger partial charge in [-0.1, -0.05) is 0 Å². The van der Waals surface area contributed by atoms with Crippen molar-refractivity contribution in [2.24, 2.45) is 0 Å². The molecule has 2 aliphatic carbocycles. The van der Waals surface area contributed by atoms with Gasteiger partial charge in [0, 0.05) is 0 Å². The van der Waals surface area contributed by atoms with Crippen molar-refractivity contribution >= 4 is 23.3 Å². The summed E-state index contributed by atoms with van der Waals surface area (Å²) >= 11 is -3.98. The van der Waals surface area contributed by atoms with Crippen molar-refractivity contribution < 1.29 is 17.9 Å². The number of benzene rings is 4. The molecule has 4 aromatic rings. The predicted molar refractivity (Wildman–Crippen MR) is 185 cm³/mol. The van der Waals surface area contributed by atoms with Gasteiger partial charge in [0.05, 0.1) is 0 Å². The second-order valence-corrected chi connectivity index (χ2v) is 45.7. The molecule has 0 radical (unpaired) electrons. The summed E-state index contributed by atoms with van der Waals surface area (Å²) in [6, 6.07) is 39.7. The van der Waals surface area contributed by atoms with E-state index in [2.05, 4.69) is 149 Å². The molecule has 42 heavy (non-hydrogen) atoms. The molecule has 6 rings (SSSR count). The van der Waals surface area contributed by atoms with Gasteiger partial charge in [-0.05, 0) is 0 Å². The third kappa shape index (κ3) is 4.65. The normalized spacial score (nSPS) is 19.0. The molecule has 0 saturated carbocycles. The Balaban J connectivity index is 1.70. The summed E-state index contributed by atoms with van der Waals surface area (Å²) in [5.74, 6) is -1.44. The molecule has 215 valence electrons. The van der Waals surface area contributed by atoms with E-state index in [-0.39, 0.29) is 0 Å². The van der Waals surface area contributed by atoms with E-state index in [4.69, 9.17) is 0 Å². The van der Waals surface area contributed by atoms with E-state index in [1.54, 1.807) is 21.9 Å². The van der Waals surface area contributed by atoms with Crippen LogP contribution in [0, 0.1) is 0 Å². The van der Waals surface area contributed by atoms with E-state index < -0.39 is 23.9 Å². The van der Waals surface area contributed by atoms with Crippen LogP contribution in [0.2, 0.25) is 14.8 Å². The molecular formula is C40H47SiZr. The topological polar surface area (TPSA) is 0 Å². The minimum atomic E-state index is -3.98. The van der Waals surface area contributed by atoms with E-state index in [9.17, 15) is 0 Å². The average Bonchev–Trinajstić information content (AvgIpc) is 3.64. The fourth-order valence-corrected chi connectivity index (χ4v) is 61.8. The van der Waals surface area contributed by atoms with Crippen LogP contribution in [-0.2, 0) is 17.9 Å². The molecule has 4 aromatic carbocycles. The molecule has 0 nitrogen and oxygen atoms in total. The van der Waals surface area contributed by atoms with Gasteiger partial charge in [0.2, 0.25) is 0 Å². The molecule has 0 fully saturated rings. The first kappa shape index (κ1) is 29.5. The zero-order valence-electron chi connectivity index (χ0n) is 26.0. The van der Waals surface area contributed by atoms with E-state index >= 15 is 0 Å². The molecule has 2 heteroatoms. The maximum absolute atomic E-state index is 3.98. The molecular weight excluding hydrogens is 600 g/mol. The van der Waals surface area contributed by atoms with Crippen molar-refractivity contribution in [2.45, 2.75) is 68.5 Å². The number of allylic oxidation sites excluding steroid dienone is 2. The van der Waals surface area contributed by atoms with Crippen LogP contribution in [0.3, 0.4) is 0 Å². The van der Waals surface area contributed by atoms with Crippen LogP contribution in [0.4, 0.5) is 0 Å². The predicted octanol–water partition coefficient (Wildman–Crippen LogP) is 11.0. The number of hydrogen-bond acceptors (Lipinski definition) is 0. The monoisotopic (exact) mass is 645 g/mol. The molecule has 3 atom stereocenters. The second kappa shape index (κ2) is 12.2. The minimum absolute atomic E-state index is 0.574. The Bertz CT molecular complexity index is 1590. The van der Waals surface area contributed by atoms with E-state index in [0.29, 0.717) is 7.25 Å². The standard InChI is InChI=1S/C15H11.C10H9.C7H9Si.2C4H9.Zr/c1-2-6-12(7-3-1)14-10-4-8-13-9-5-11-15(13)14;1-8-6-9-4-2-3-5-10(9)7-8;1-8-7-5-3-2-4-6-7;2*1-3-4-2;/h1-11H;2-7H,1H3;2-6,8H,1H3;2*1,3-4H2,2H3;. The van der Waals surface area contributed by atoms with Gasteiger partial charge in [0.25, 0.3) is 0 Å². The van der Waals surface area contributed by atoms with Gasteiger partial charge in [0.1, 0.15) is 0 Å². The first-order valence-electron chi connectivity index (χ1n) is 16.4. The summed E-state index contributed by atoms with van der Waals surface area (Å²) < 4.78 is 4.12. The van der Waals surface area contributed by atoms with E-state index in [1.165, 1.54) is 56.2 Å². The Morgan fingerprint density at radius 1 is 0.690 bits per heavy atom. The van der Waals surface area contributed by atoms with Crippen LogP contribution in [0.15, 0.2) is 115 Å². The Morgan fingerprint density at radius 3 is 2.00 bits per heavy atom. The molecule has 0 aliphatic heterocycles. The first-order valence-corrected chi connectivity index (χ1v) is 29.3. The molecule has 3 unspecified atom stereocenters. The number of hydrogen-bond donors (Lipinski definition) is 0. The molecule has 0 amide bonds. The molecule has 0 bridgehead atoms. The van der Waals surface area contributed by atoms with Crippen molar-refractivity contribution in [3.05, 3.63) is 137 Å². The molecule has 0 saturated heterocycles. The van der Waals surface area contributed by atoms with Gasteiger partial charge in [-0.3, -0.25) is 0 Å². The Kier molecular flexibility index (Phi) is 8.59. The number of unbranched alkanes of at least 4 members (excludes halogenated alkanes) is 2. The van der Waals surface area contributed by atoms with Crippen molar-refractivity contribution in [1.29, 1.82) is 0 Å². The van der Waals surface area contributed by atoms with Crippen LogP contribution in [0.1, 0.15) is 76.0 Å². The van der Waals surface area contributed by atoms with Crippen LogP contribution in [0.5, 0.6) is 0 Å². The van der Waals surface area contributed by atoms with Gasteiger partial charge in [-0.15, -0.1) is 0 Å². The number of fused-ring (bicyclic) bond motifs is 2. The summed E-state index contributed by atoms with van der Waals surface area (Å²) in [5, 5.41) is 1.70. The zero-order chi connectivity index (χ0) is 29.2. The van der Waals surface area contributed by atoms with Gasteiger partial charge >= 0.3 is 258 Å². The average molecular weight is 647 g/mol. The summed E-state index contributed by atoms with van der Waals surface area (Å²) in [7, 11) is 0. The Morgan fingerprint density at radius 2 is 1.31 bits per heavy atom.